The fourth-order valence-corrected chi connectivity index (χ4v) is 1.42. The summed E-state index contributed by atoms with van der Waals surface area (Å²) in [6, 6.07) is -0.535. The lowest BCUT2D eigenvalue weighted by Gasteiger charge is -2.15. The topological polar surface area (TPSA) is 90.4 Å². The van der Waals surface area contributed by atoms with Crippen molar-refractivity contribution in [3.63, 3.8) is 0 Å². The van der Waals surface area contributed by atoms with Crippen LogP contribution >= 0.6 is 0 Å². The van der Waals surface area contributed by atoms with Crippen LogP contribution in [0.25, 0.3) is 0 Å². The van der Waals surface area contributed by atoms with E-state index in [2.05, 4.69) is 5.32 Å². The van der Waals surface area contributed by atoms with E-state index in [9.17, 15) is 4.79 Å². The predicted octanol–water partition coefficient (Wildman–Crippen LogP) is -1.23. The predicted molar refractivity (Wildman–Crippen MR) is 48.7 cm³/mol. The van der Waals surface area contributed by atoms with Gasteiger partial charge in [-0.2, -0.15) is 0 Å². The molecule has 0 aromatic rings. The highest BCUT2D eigenvalue weighted by atomic mass is 16.5. The SMILES string of the molecule is NC(=O)[C@@H](N)C[C@@H]1CCNCOC1. The van der Waals surface area contributed by atoms with Crippen LogP contribution in [0, 0.1) is 5.92 Å². The Balaban J connectivity index is 2.29. The molecule has 5 N–H and O–H groups in total. The van der Waals surface area contributed by atoms with E-state index < -0.39 is 11.9 Å². The minimum Gasteiger partial charge on any atom is -0.368 e. The van der Waals surface area contributed by atoms with Gasteiger partial charge in [-0.1, -0.05) is 0 Å². The van der Waals surface area contributed by atoms with Crippen molar-refractivity contribution < 1.29 is 9.53 Å². The number of primary amides is 1. The van der Waals surface area contributed by atoms with Crippen molar-refractivity contribution in [1.82, 2.24) is 5.32 Å². The smallest absolute Gasteiger partial charge is 0.234 e. The van der Waals surface area contributed by atoms with Crippen molar-refractivity contribution >= 4 is 5.91 Å². The van der Waals surface area contributed by atoms with Crippen LogP contribution in [0.4, 0.5) is 0 Å². The zero-order chi connectivity index (χ0) is 9.68. The molecule has 0 aromatic heterocycles. The highest BCUT2D eigenvalue weighted by Crippen LogP contribution is 2.12. The summed E-state index contributed by atoms with van der Waals surface area (Å²) in [5.74, 6) is -0.0882. The van der Waals surface area contributed by atoms with Gasteiger partial charge in [0, 0.05) is 0 Å². The average molecular weight is 187 g/mol. The lowest BCUT2D eigenvalue weighted by molar-refractivity contribution is -0.119. The molecule has 1 heterocycles. The molecule has 1 aliphatic heterocycles. The van der Waals surface area contributed by atoms with E-state index in [1.54, 1.807) is 0 Å². The summed E-state index contributed by atoms with van der Waals surface area (Å²) in [4.78, 5) is 10.7. The number of rotatable bonds is 3. The third kappa shape index (κ3) is 3.71. The number of hydrogen-bond donors (Lipinski definition) is 3. The molecule has 1 rings (SSSR count). The van der Waals surface area contributed by atoms with Crippen LogP contribution in [-0.2, 0) is 9.53 Å². The molecular weight excluding hydrogens is 170 g/mol. The van der Waals surface area contributed by atoms with E-state index in [1.807, 2.05) is 0 Å². The summed E-state index contributed by atoms with van der Waals surface area (Å²) in [5.41, 5.74) is 10.6. The Hall–Kier alpha value is -0.650. The highest BCUT2D eigenvalue weighted by molar-refractivity contribution is 5.79. The standard InChI is InChI=1S/C8H17N3O2/c9-7(8(10)12)3-6-1-2-11-5-13-4-6/h6-7,11H,1-5,9H2,(H2,10,12)/t6-,7-/m0/s1. The summed E-state index contributed by atoms with van der Waals surface area (Å²) >= 11 is 0. The number of amides is 1. The van der Waals surface area contributed by atoms with Gasteiger partial charge < -0.3 is 16.2 Å². The Morgan fingerprint density at radius 1 is 1.69 bits per heavy atom. The molecule has 2 atom stereocenters. The normalized spacial score (nSPS) is 26.4. The van der Waals surface area contributed by atoms with Gasteiger partial charge in [0.15, 0.2) is 0 Å². The molecule has 1 fully saturated rings. The van der Waals surface area contributed by atoms with E-state index in [1.165, 1.54) is 0 Å². The molecule has 5 nitrogen and oxygen atoms in total. The van der Waals surface area contributed by atoms with Gasteiger partial charge in [0.05, 0.1) is 19.4 Å². The molecule has 0 saturated carbocycles. The van der Waals surface area contributed by atoms with Crippen molar-refractivity contribution in [2.75, 3.05) is 19.9 Å². The van der Waals surface area contributed by atoms with Crippen LogP contribution in [0.5, 0.6) is 0 Å². The summed E-state index contributed by atoms with van der Waals surface area (Å²) in [5, 5.41) is 3.10. The minimum atomic E-state index is -0.535. The highest BCUT2D eigenvalue weighted by Gasteiger charge is 2.18. The maximum absolute atomic E-state index is 10.7. The number of nitrogens with two attached hydrogens (primary N) is 2. The first-order chi connectivity index (χ1) is 6.20. The molecule has 13 heavy (non-hydrogen) atoms. The monoisotopic (exact) mass is 187 g/mol. The summed E-state index contributed by atoms with van der Waals surface area (Å²) < 4.78 is 5.27. The quantitative estimate of drug-likeness (QED) is 0.516. The van der Waals surface area contributed by atoms with E-state index in [-0.39, 0.29) is 0 Å². The molecule has 1 amide bonds. The van der Waals surface area contributed by atoms with Crippen LogP contribution in [0.15, 0.2) is 0 Å². The van der Waals surface area contributed by atoms with Crippen molar-refractivity contribution in [2.45, 2.75) is 18.9 Å². The second-order valence-corrected chi connectivity index (χ2v) is 3.41. The van der Waals surface area contributed by atoms with Gasteiger partial charge in [0.2, 0.25) is 5.91 Å². The van der Waals surface area contributed by atoms with Crippen LogP contribution in [-0.4, -0.2) is 31.8 Å². The Kier molecular flexibility index (Phi) is 4.14. The first kappa shape index (κ1) is 10.4. The van der Waals surface area contributed by atoms with Gasteiger partial charge in [0.1, 0.15) is 0 Å². The number of nitrogens with one attached hydrogen (secondary N) is 1. The van der Waals surface area contributed by atoms with E-state index in [0.717, 1.165) is 13.0 Å². The molecule has 1 aliphatic rings. The maximum atomic E-state index is 10.7. The molecule has 0 radical (unpaired) electrons. The molecule has 0 spiro atoms. The second-order valence-electron chi connectivity index (χ2n) is 3.41. The van der Waals surface area contributed by atoms with Gasteiger partial charge in [0.25, 0.3) is 0 Å². The molecule has 5 heteroatoms. The third-order valence-corrected chi connectivity index (χ3v) is 2.24. The molecule has 0 unspecified atom stereocenters. The largest absolute Gasteiger partial charge is 0.368 e. The van der Waals surface area contributed by atoms with Crippen molar-refractivity contribution in [2.24, 2.45) is 17.4 Å². The number of carbonyl (C=O) groups excluding carboxylic acids is 1. The van der Waals surface area contributed by atoms with Crippen LogP contribution < -0.4 is 16.8 Å². The molecule has 0 aromatic carbocycles. The Morgan fingerprint density at radius 3 is 3.15 bits per heavy atom. The Bertz CT molecular complexity index is 167. The number of ether oxygens (including phenoxy) is 1. The Labute approximate surface area is 77.8 Å². The van der Waals surface area contributed by atoms with E-state index in [0.29, 0.717) is 25.7 Å². The van der Waals surface area contributed by atoms with Crippen molar-refractivity contribution in [1.29, 1.82) is 0 Å². The fraction of sp³-hybridized carbons (Fsp3) is 0.875. The van der Waals surface area contributed by atoms with Gasteiger partial charge in [-0.3, -0.25) is 10.1 Å². The van der Waals surface area contributed by atoms with Crippen LogP contribution in [0.3, 0.4) is 0 Å². The van der Waals surface area contributed by atoms with Gasteiger partial charge in [-0.15, -0.1) is 0 Å². The second kappa shape index (κ2) is 5.16. The third-order valence-electron chi connectivity index (χ3n) is 2.24. The molecule has 76 valence electrons. The molecule has 0 aliphatic carbocycles. The minimum absolute atomic E-state index is 0.345. The summed E-state index contributed by atoms with van der Waals surface area (Å²) in [6.45, 7) is 2.16. The summed E-state index contributed by atoms with van der Waals surface area (Å²) in [7, 11) is 0. The van der Waals surface area contributed by atoms with Crippen LogP contribution in [0.1, 0.15) is 12.8 Å². The molecular formula is C8H17N3O2. The number of carbonyl (C=O) groups is 1. The summed E-state index contributed by atoms with van der Waals surface area (Å²) in [6.07, 6.45) is 1.61. The lowest BCUT2D eigenvalue weighted by atomic mass is 9.97. The zero-order valence-electron chi connectivity index (χ0n) is 7.66. The number of hydrogen-bond acceptors (Lipinski definition) is 4. The zero-order valence-corrected chi connectivity index (χ0v) is 7.66. The van der Waals surface area contributed by atoms with Gasteiger partial charge >= 0.3 is 0 Å². The van der Waals surface area contributed by atoms with Gasteiger partial charge in [-0.25, -0.2) is 0 Å². The first-order valence-corrected chi connectivity index (χ1v) is 4.53. The Morgan fingerprint density at radius 2 is 2.46 bits per heavy atom. The molecule has 1 saturated heterocycles. The lowest BCUT2D eigenvalue weighted by Crippen LogP contribution is -2.38. The van der Waals surface area contributed by atoms with Crippen molar-refractivity contribution in [3.05, 3.63) is 0 Å². The van der Waals surface area contributed by atoms with E-state index >= 15 is 0 Å². The van der Waals surface area contributed by atoms with Gasteiger partial charge in [-0.05, 0) is 25.3 Å². The molecule has 0 bridgehead atoms. The fourth-order valence-electron chi connectivity index (χ4n) is 1.42. The maximum Gasteiger partial charge on any atom is 0.234 e. The van der Waals surface area contributed by atoms with Crippen LogP contribution in [0.2, 0.25) is 0 Å². The first-order valence-electron chi connectivity index (χ1n) is 4.53. The van der Waals surface area contributed by atoms with Crippen molar-refractivity contribution in [3.8, 4) is 0 Å². The van der Waals surface area contributed by atoms with E-state index in [4.69, 9.17) is 16.2 Å². The average Bonchev–Trinajstić information content (AvgIpc) is 2.32.